The van der Waals surface area contributed by atoms with Gasteiger partial charge in [-0.3, -0.25) is 0 Å². The maximum Gasteiger partial charge on any atom is 0.408 e. The fourth-order valence-electron chi connectivity index (χ4n) is 2.71. The molecule has 20 heavy (non-hydrogen) atoms. The summed E-state index contributed by atoms with van der Waals surface area (Å²) in [6.07, 6.45) is 4.54. The van der Waals surface area contributed by atoms with E-state index < -0.39 is 23.7 Å². The van der Waals surface area contributed by atoms with Crippen LogP contribution in [0.4, 0.5) is 4.79 Å². The lowest BCUT2D eigenvalue weighted by atomic mass is 9.82. The number of rotatable bonds is 4. The molecular weight excluding hydrogens is 258 g/mol. The predicted molar refractivity (Wildman–Crippen MR) is 76.4 cm³/mol. The third-order valence-corrected chi connectivity index (χ3v) is 3.68. The average Bonchev–Trinajstić information content (AvgIpc) is 2.71. The van der Waals surface area contributed by atoms with Crippen LogP contribution in [0.25, 0.3) is 0 Å². The van der Waals surface area contributed by atoms with Crippen LogP contribution in [-0.2, 0) is 14.3 Å². The van der Waals surface area contributed by atoms with Crippen molar-refractivity contribution in [2.75, 3.05) is 7.11 Å². The molecule has 0 heterocycles. The molecule has 1 N–H and O–H groups in total. The van der Waals surface area contributed by atoms with Crippen molar-refractivity contribution >= 4 is 12.1 Å². The molecule has 0 saturated heterocycles. The van der Waals surface area contributed by atoms with Crippen molar-refractivity contribution in [1.82, 2.24) is 5.32 Å². The number of carbonyl (C=O) groups excluding carboxylic acids is 2. The van der Waals surface area contributed by atoms with Crippen LogP contribution in [0, 0.1) is 5.41 Å². The zero-order valence-corrected chi connectivity index (χ0v) is 13.2. The van der Waals surface area contributed by atoms with Crippen molar-refractivity contribution < 1.29 is 19.1 Å². The third kappa shape index (κ3) is 5.39. The molecule has 0 aromatic heterocycles. The second-order valence-electron chi connectivity index (χ2n) is 6.94. The number of hydrogen-bond acceptors (Lipinski definition) is 4. The van der Waals surface area contributed by atoms with Gasteiger partial charge in [0.05, 0.1) is 7.11 Å². The minimum absolute atomic E-state index is 0.0911. The van der Waals surface area contributed by atoms with Gasteiger partial charge in [0.25, 0.3) is 0 Å². The first kappa shape index (κ1) is 16.8. The van der Waals surface area contributed by atoms with E-state index in [1.807, 2.05) is 0 Å². The highest BCUT2D eigenvalue weighted by Gasteiger charge is 2.36. The molecule has 5 nitrogen and oxygen atoms in total. The topological polar surface area (TPSA) is 64.6 Å². The van der Waals surface area contributed by atoms with Gasteiger partial charge >= 0.3 is 12.1 Å². The van der Waals surface area contributed by atoms with Crippen LogP contribution >= 0.6 is 0 Å². The lowest BCUT2D eigenvalue weighted by Gasteiger charge is -2.29. The Balaban J connectivity index is 2.65. The van der Waals surface area contributed by atoms with Crippen LogP contribution in [0.1, 0.15) is 59.8 Å². The molecule has 0 aromatic rings. The van der Waals surface area contributed by atoms with E-state index in [1.165, 1.54) is 20.0 Å². The molecule has 5 heteroatoms. The van der Waals surface area contributed by atoms with E-state index >= 15 is 0 Å². The summed E-state index contributed by atoms with van der Waals surface area (Å²) in [7, 11) is 1.34. The molecule has 0 unspecified atom stereocenters. The number of methoxy groups -OCH3 is 1. The molecule has 116 valence electrons. The van der Waals surface area contributed by atoms with Gasteiger partial charge in [0.1, 0.15) is 11.6 Å². The van der Waals surface area contributed by atoms with Crippen LogP contribution in [0.2, 0.25) is 0 Å². The van der Waals surface area contributed by atoms with E-state index in [1.54, 1.807) is 20.8 Å². The van der Waals surface area contributed by atoms with Crippen LogP contribution in [0.15, 0.2) is 0 Å². The third-order valence-electron chi connectivity index (χ3n) is 3.68. The predicted octanol–water partition coefficient (Wildman–Crippen LogP) is 3.02. The zero-order chi connectivity index (χ0) is 15.4. The monoisotopic (exact) mass is 285 g/mol. The average molecular weight is 285 g/mol. The Morgan fingerprint density at radius 3 is 2.25 bits per heavy atom. The van der Waals surface area contributed by atoms with Crippen molar-refractivity contribution in [2.24, 2.45) is 5.41 Å². The van der Waals surface area contributed by atoms with Gasteiger partial charge in [0.2, 0.25) is 0 Å². The highest BCUT2D eigenvalue weighted by Crippen LogP contribution is 2.41. The summed E-state index contributed by atoms with van der Waals surface area (Å²) in [5.41, 5.74) is -0.490. The Kier molecular flexibility index (Phi) is 5.42. The SMILES string of the molecule is COC(=O)[C@H](CC1(C)CCCC1)NC(=O)OC(C)(C)C. The minimum atomic E-state index is -0.641. The lowest BCUT2D eigenvalue weighted by Crippen LogP contribution is -2.46. The Morgan fingerprint density at radius 1 is 1.25 bits per heavy atom. The quantitative estimate of drug-likeness (QED) is 0.806. The van der Waals surface area contributed by atoms with E-state index in [0.29, 0.717) is 6.42 Å². The second-order valence-corrected chi connectivity index (χ2v) is 6.94. The highest BCUT2D eigenvalue weighted by molar-refractivity contribution is 5.81. The largest absolute Gasteiger partial charge is 0.467 e. The van der Waals surface area contributed by atoms with Gasteiger partial charge in [-0.2, -0.15) is 0 Å². The van der Waals surface area contributed by atoms with Gasteiger partial charge in [-0.15, -0.1) is 0 Å². The molecule has 0 spiro atoms. The van der Waals surface area contributed by atoms with Gasteiger partial charge in [-0.25, -0.2) is 9.59 Å². The molecule has 1 aliphatic carbocycles. The van der Waals surface area contributed by atoms with E-state index in [0.717, 1.165) is 12.8 Å². The van der Waals surface area contributed by atoms with Gasteiger partial charge in [-0.05, 0) is 45.4 Å². The van der Waals surface area contributed by atoms with Crippen LogP contribution < -0.4 is 5.32 Å². The number of carbonyl (C=O) groups is 2. The molecule has 0 bridgehead atoms. The van der Waals surface area contributed by atoms with Crippen molar-refractivity contribution in [3.63, 3.8) is 0 Å². The molecule has 1 aliphatic rings. The maximum atomic E-state index is 11.9. The fraction of sp³-hybridized carbons (Fsp3) is 0.867. The molecular formula is C15H27NO4. The molecule has 1 rings (SSSR count). The summed E-state index contributed by atoms with van der Waals surface area (Å²) in [6.45, 7) is 7.53. The fourth-order valence-corrected chi connectivity index (χ4v) is 2.71. The van der Waals surface area contributed by atoms with Crippen molar-refractivity contribution in [3.05, 3.63) is 0 Å². The van der Waals surface area contributed by atoms with Crippen LogP contribution in [-0.4, -0.2) is 30.8 Å². The molecule has 1 fully saturated rings. The Bertz CT molecular complexity index is 353. The van der Waals surface area contributed by atoms with Gasteiger partial charge in [0, 0.05) is 0 Å². The summed E-state index contributed by atoms with van der Waals surface area (Å²) in [6, 6.07) is -0.641. The Hall–Kier alpha value is -1.26. The summed E-state index contributed by atoms with van der Waals surface area (Å²) in [4.78, 5) is 23.7. The first-order chi connectivity index (χ1) is 9.15. The number of ether oxygens (including phenoxy) is 2. The van der Waals surface area contributed by atoms with E-state index in [9.17, 15) is 9.59 Å². The van der Waals surface area contributed by atoms with Gasteiger partial charge < -0.3 is 14.8 Å². The molecule has 1 amide bonds. The first-order valence-electron chi connectivity index (χ1n) is 7.23. The smallest absolute Gasteiger partial charge is 0.408 e. The summed E-state index contributed by atoms with van der Waals surface area (Å²) in [5, 5.41) is 2.64. The maximum absolute atomic E-state index is 11.9. The normalized spacial score (nSPS) is 19.2. The Morgan fingerprint density at radius 2 is 1.80 bits per heavy atom. The summed E-state index contributed by atoms with van der Waals surface area (Å²) in [5.74, 6) is -0.413. The lowest BCUT2D eigenvalue weighted by molar-refractivity contribution is -0.144. The van der Waals surface area contributed by atoms with Gasteiger partial charge in [0.15, 0.2) is 0 Å². The van der Waals surface area contributed by atoms with E-state index in [-0.39, 0.29) is 5.41 Å². The number of hydrogen-bond donors (Lipinski definition) is 1. The second kappa shape index (κ2) is 6.46. The number of alkyl carbamates (subject to hydrolysis) is 1. The Labute approximate surface area is 121 Å². The minimum Gasteiger partial charge on any atom is -0.467 e. The molecule has 0 radical (unpaired) electrons. The summed E-state index contributed by atoms with van der Waals surface area (Å²) >= 11 is 0. The van der Waals surface area contributed by atoms with Crippen molar-refractivity contribution in [1.29, 1.82) is 0 Å². The van der Waals surface area contributed by atoms with Gasteiger partial charge in [-0.1, -0.05) is 19.8 Å². The molecule has 1 saturated carbocycles. The van der Waals surface area contributed by atoms with Crippen LogP contribution in [0.5, 0.6) is 0 Å². The number of amides is 1. The first-order valence-corrected chi connectivity index (χ1v) is 7.23. The molecule has 0 aromatic carbocycles. The molecule has 0 aliphatic heterocycles. The van der Waals surface area contributed by atoms with Crippen molar-refractivity contribution in [2.45, 2.75) is 71.4 Å². The van der Waals surface area contributed by atoms with E-state index in [2.05, 4.69) is 12.2 Å². The summed E-state index contributed by atoms with van der Waals surface area (Å²) < 4.78 is 9.99. The number of esters is 1. The zero-order valence-electron chi connectivity index (χ0n) is 13.2. The van der Waals surface area contributed by atoms with Crippen LogP contribution in [0.3, 0.4) is 0 Å². The van der Waals surface area contributed by atoms with E-state index in [4.69, 9.17) is 9.47 Å². The number of nitrogens with one attached hydrogen (secondary N) is 1. The molecule has 1 atom stereocenters. The highest BCUT2D eigenvalue weighted by atomic mass is 16.6. The van der Waals surface area contributed by atoms with Crippen molar-refractivity contribution in [3.8, 4) is 0 Å². The standard InChI is InChI=1S/C15H27NO4/c1-14(2,3)20-13(18)16-11(12(17)19-5)10-15(4)8-6-7-9-15/h11H,6-10H2,1-5H3,(H,16,18)/t11-/m0/s1.